The van der Waals surface area contributed by atoms with Gasteiger partial charge in [-0.05, 0) is 45.0 Å². The summed E-state index contributed by atoms with van der Waals surface area (Å²) in [5.41, 5.74) is 14.0. The van der Waals surface area contributed by atoms with E-state index in [4.69, 9.17) is 16.2 Å². The van der Waals surface area contributed by atoms with Crippen LogP contribution in [0.4, 0.5) is 11.6 Å². The number of carbonyl (C=O) groups excluding carboxylic acids is 1. The third-order valence-electron chi connectivity index (χ3n) is 3.83. The molecule has 0 radical (unpaired) electrons. The van der Waals surface area contributed by atoms with E-state index < -0.39 is 5.54 Å². The van der Waals surface area contributed by atoms with Crippen LogP contribution in [0.15, 0.2) is 36.4 Å². The molecule has 0 fully saturated rings. The Bertz CT molecular complexity index is 980. The summed E-state index contributed by atoms with van der Waals surface area (Å²) in [6.45, 7) is 5.62. The molecule has 5 N–H and O–H groups in total. The van der Waals surface area contributed by atoms with Gasteiger partial charge in [-0.3, -0.25) is 4.79 Å². The summed E-state index contributed by atoms with van der Waals surface area (Å²) in [6, 6.07) is 11.0. The molecule has 2 aromatic heterocycles. The van der Waals surface area contributed by atoms with Crippen LogP contribution in [0.1, 0.15) is 20.8 Å². The van der Waals surface area contributed by atoms with Gasteiger partial charge in [-0.1, -0.05) is 12.1 Å². The molecule has 0 spiro atoms. The van der Waals surface area contributed by atoms with Crippen molar-refractivity contribution in [1.82, 2.24) is 15.0 Å². The number of fused-ring (bicyclic) bond motifs is 1. The van der Waals surface area contributed by atoms with Crippen LogP contribution in [0.2, 0.25) is 0 Å². The minimum atomic E-state index is -0.948. The van der Waals surface area contributed by atoms with Crippen LogP contribution < -0.4 is 21.5 Å². The molecule has 0 saturated heterocycles. The Balaban J connectivity index is 1.92. The van der Waals surface area contributed by atoms with E-state index in [9.17, 15) is 4.79 Å². The molecular formula is C19H22N6O2. The van der Waals surface area contributed by atoms with Crippen molar-refractivity contribution in [1.29, 1.82) is 0 Å². The summed E-state index contributed by atoms with van der Waals surface area (Å²) in [4.78, 5) is 24.9. The molecule has 0 aliphatic carbocycles. The molecule has 0 atom stereocenters. The monoisotopic (exact) mass is 366 g/mol. The Morgan fingerprint density at radius 3 is 2.44 bits per heavy atom. The number of nitrogens with zero attached hydrogens (tertiary/aromatic N) is 3. The predicted octanol–water partition coefficient (Wildman–Crippen LogP) is 2.35. The molecule has 140 valence electrons. The maximum absolute atomic E-state index is 12.0. The predicted molar refractivity (Wildman–Crippen MR) is 105 cm³/mol. The standard InChI is InChI=1S/C19H22N6O2/c1-4-27-16-15-14(24-18(20)25-16)10-9-13(23-15)11-5-7-12(8-6-11)22-17(26)19(2,3)21/h5-10H,4,21H2,1-3H3,(H,22,26)(H2,20,24,25). The zero-order valence-corrected chi connectivity index (χ0v) is 15.5. The number of aromatic nitrogens is 3. The molecule has 8 nitrogen and oxygen atoms in total. The van der Waals surface area contributed by atoms with E-state index in [-0.39, 0.29) is 11.9 Å². The van der Waals surface area contributed by atoms with Crippen molar-refractivity contribution in [2.24, 2.45) is 5.73 Å². The topological polar surface area (TPSA) is 129 Å². The summed E-state index contributed by atoms with van der Waals surface area (Å²) >= 11 is 0. The van der Waals surface area contributed by atoms with Gasteiger partial charge in [0.1, 0.15) is 0 Å². The molecule has 2 heterocycles. The number of nitrogen functional groups attached to an aromatic ring is 1. The number of hydrogen-bond acceptors (Lipinski definition) is 7. The van der Waals surface area contributed by atoms with E-state index >= 15 is 0 Å². The first-order valence-electron chi connectivity index (χ1n) is 8.56. The summed E-state index contributed by atoms with van der Waals surface area (Å²) in [5.74, 6) is 0.245. The van der Waals surface area contributed by atoms with Crippen LogP contribution in [0.3, 0.4) is 0 Å². The van der Waals surface area contributed by atoms with Crippen LogP contribution in [0.25, 0.3) is 22.3 Å². The van der Waals surface area contributed by atoms with Crippen molar-refractivity contribution < 1.29 is 9.53 Å². The van der Waals surface area contributed by atoms with Gasteiger partial charge in [0.15, 0.2) is 5.52 Å². The lowest BCUT2D eigenvalue weighted by atomic mass is 10.1. The van der Waals surface area contributed by atoms with Gasteiger partial charge in [-0.25, -0.2) is 9.97 Å². The van der Waals surface area contributed by atoms with Gasteiger partial charge in [0, 0.05) is 11.3 Å². The third kappa shape index (κ3) is 4.12. The Morgan fingerprint density at radius 2 is 1.81 bits per heavy atom. The second-order valence-electron chi connectivity index (χ2n) is 6.64. The fourth-order valence-electron chi connectivity index (χ4n) is 2.42. The van der Waals surface area contributed by atoms with Crippen LogP contribution in [-0.4, -0.2) is 33.0 Å². The number of ether oxygens (including phenoxy) is 1. The number of anilines is 2. The highest BCUT2D eigenvalue weighted by molar-refractivity contribution is 5.97. The number of rotatable bonds is 5. The molecule has 8 heteroatoms. The van der Waals surface area contributed by atoms with Gasteiger partial charge in [0.05, 0.1) is 23.4 Å². The minimum absolute atomic E-state index is 0.142. The second-order valence-corrected chi connectivity index (χ2v) is 6.64. The zero-order chi connectivity index (χ0) is 19.6. The number of nitrogens with one attached hydrogen (secondary N) is 1. The van der Waals surface area contributed by atoms with Gasteiger partial charge in [-0.15, -0.1) is 0 Å². The molecule has 3 rings (SSSR count). The van der Waals surface area contributed by atoms with Crippen molar-refractivity contribution in [3.8, 4) is 17.1 Å². The normalized spacial score (nSPS) is 11.4. The number of pyridine rings is 1. The summed E-state index contributed by atoms with van der Waals surface area (Å²) in [6.07, 6.45) is 0. The molecule has 1 aromatic carbocycles. The van der Waals surface area contributed by atoms with Crippen LogP contribution in [0.5, 0.6) is 5.88 Å². The van der Waals surface area contributed by atoms with Gasteiger partial charge < -0.3 is 21.5 Å². The van der Waals surface area contributed by atoms with Crippen LogP contribution in [0, 0.1) is 0 Å². The lowest BCUT2D eigenvalue weighted by Crippen LogP contribution is -2.45. The number of amides is 1. The lowest BCUT2D eigenvalue weighted by Gasteiger charge is -2.17. The second kappa shape index (κ2) is 7.16. The molecule has 0 aliphatic heterocycles. The molecule has 0 unspecified atom stereocenters. The van der Waals surface area contributed by atoms with Crippen molar-refractivity contribution in [2.45, 2.75) is 26.3 Å². The Morgan fingerprint density at radius 1 is 1.11 bits per heavy atom. The summed E-state index contributed by atoms with van der Waals surface area (Å²) in [5, 5.41) is 2.78. The molecular weight excluding hydrogens is 344 g/mol. The average molecular weight is 366 g/mol. The maximum Gasteiger partial charge on any atom is 0.245 e. The number of carbonyl (C=O) groups is 1. The van der Waals surface area contributed by atoms with E-state index in [2.05, 4.69) is 20.3 Å². The van der Waals surface area contributed by atoms with Gasteiger partial charge in [-0.2, -0.15) is 4.98 Å². The van der Waals surface area contributed by atoms with E-state index in [0.717, 1.165) is 11.3 Å². The van der Waals surface area contributed by atoms with Crippen LogP contribution >= 0.6 is 0 Å². The Kier molecular flexibility index (Phi) is 4.91. The minimum Gasteiger partial charge on any atom is -0.476 e. The Hall–Kier alpha value is -3.26. The van der Waals surface area contributed by atoms with Crippen LogP contribution in [-0.2, 0) is 4.79 Å². The molecule has 1 amide bonds. The zero-order valence-electron chi connectivity index (χ0n) is 15.5. The highest BCUT2D eigenvalue weighted by Gasteiger charge is 2.21. The van der Waals surface area contributed by atoms with Crippen molar-refractivity contribution >= 4 is 28.6 Å². The highest BCUT2D eigenvalue weighted by atomic mass is 16.5. The molecule has 0 saturated carbocycles. The van der Waals surface area contributed by atoms with Gasteiger partial charge in [0.25, 0.3) is 0 Å². The first kappa shape index (κ1) is 18.5. The molecule has 27 heavy (non-hydrogen) atoms. The largest absolute Gasteiger partial charge is 0.476 e. The number of hydrogen-bond donors (Lipinski definition) is 3. The molecule has 3 aromatic rings. The summed E-state index contributed by atoms with van der Waals surface area (Å²) < 4.78 is 5.53. The quantitative estimate of drug-likeness (QED) is 0.632. The van der Waals surface area contributed by atoms with Gasteiger partial charge >= 0.3 is 0 Å². The van der Waals surface area contributed by atoms with Crippen molar-refractivity contribution in [3.05, 3.63) is 36.4 Å². The molecule has 0 aliphatic rings. The SMILES string of the molecule is CCOc1nc(N)nc2ccc(-c3ccc(NC(=O)C(C)(C)N)cc3)nc12. The fraction of sp³-hybridized carbons (Fsp3) is 0.263. The average Bonchev–Trinajstić information content (AvgIpc) is 2.61. The fourth-order valence-corrected chi connectivity index (χ4v) is 2.42. The van der Waals surface area contributed by atoms with E-state index in [1.807, 2.05) is 31.2 Å². The summed E-state index contributed by atoms with van der Waals surface area (Å²) in [7, 11) is 0. The van der Waals surface area contributed by atoms with Crippen molar-refractivity contribution in [2.75, 3.05) is 17.7 Å². The Labute approximate surface area is 157 Å². The lowest BCUT2D eigenvalue weighted by molar-refractivity contribution is -0.120. The van der Waals surface area contributed by atoms with E-state index in [1.54, 1.807) is 26.0 Å². The first-order valence-corrected chi connectivity index (χ1v) is 8.56. The highest BCUT2D eigenvalue weighted by Crippen LogP contribution is 2.26. The first-order chi connectivity index (χ1) is 12.8. The number of nitrogens with two attached hydrogens (primary N) is 2. The molecule has 0 bridgehead atoms. The smallest absolute Gasteiger partial charge is 0.245 e. The van der Waals surface area contributed by atoms with E-state index in [0.29, 0.717) is 29.2 Å². The number of benzene rings is 1. The van der Waals surface area contributed by atoms with Crippen molar-refractivity contribution in [3.63, 3.8) is 0 Å². The third-order valence-corrected chi connectivity index (χ3v) is 3.83. The van der Waals surface area contributed by atoms with E-state index in [1.165, 1.54) is 0 Å². The maximum atomic E-state index is 12.0. The van der Waals surface area contributed by atoms with Gasteiger partial charge in [0.2, 0.25) is 17.7 Å².